The molecule has 5 heteroatoms. The molecule has 0 aromatic carbocycles. The Labute approximate surface area is 101 Å². The van der Waals surface area contributed by atoms with Crippen LogP contribution in [0.5, 0.6) is 0 Å². The van der Waals surface area contributed by atoms with E-state index in [1.807, 2.05) is 0 Å². The second-order valence-electron chi connectivity index (χ2n) is 4.01. The first-order valence-electron chi connectivity index (χ1n) is 5.76. The lowest BCUT2D eigenvalue weighted by Gasteiger charge is -2.17. The highest BCUT2D eigenvalue weighted by molar-refractivity contribution is 5.85. The molecule has 1 amide bonds. The predicted molar refractivity (Wildman–Crippen MR) is 62.3 cm³/mol. The Bertz CT molecular complexity index is 284. The molecule has 1 heterocycles. The third-order valence-electron chi connectivity index (χ3n) is 2.76. The molecule has 96 valence electrons. The van der Waals surface area contributed by atoms with Gasteiger partial charge in [-0.2, -0.15) is 0 Å². The Kier molecular flexibility index (Phi) is 5.69. The van der Waals surface area contributed by atoms with Crippen molar-refractivity contribution in [2.45, 2.75) is 25.3 Å². The molecule has 0 aromatic heterocycles. The van der Waals surface area contributed by atoms with Gasteiger partial charge in [0, 0.05) is 6.61 Å². The molecule has 1 rings (SSSR count). The van der Waals surface area contributed by atoms with Crippen LogP contribution in [0.4, 0.5) is 0 Å². The molecule has 0 radical (unpaired) electrons. The molecule has 1 fully saturated rings. The lowest BCUT2D eigenvalue weighted by atomic mass is 10.1. The van der Waals surface area contributed by atoms with Crippen LogP contribution < -0.4 is 5.32 Å². The highest BCUT2D eigenvalue weighted by atomic mass is 16.5. The SMILES string of the molecule is C=CCC[C@@H](NC(=O)[C@@H]1CCOC1)C(=O)OC. The molecular formula is C12H19NO4. The summed E-state index contributed by atoms with van der Waals surface area (Å²) < 4.78 is 9.79. The van der Waals surface area contributed by atoms with E-state index in [9.17, 15) is 9.59 Å². The van der Waals surface area contributed by atoms with Gasteiger partial charge in [0.1, 0.15) is 6.04 Å². The summed E-state index contributed by atoms with van der Waals surface area (Å²) in [4.78, 5) is 23.3. The first-order valence-corrected chi connectivity index (χ1v) is 5.76. The lowest BCUT2D eigenvalue weighted by molar-refractivity contribution is -0.145. The molecule has 17 heavy (non-hydrogen) atoms. The van der Waals surface area contributed by atoms with E-state index in [1.165, 1.54) is 7.11 Å². The van der Waals surface area contributed by atoms with Gasteiger partial charge in [-0.1, -0.05) is 6.08 Å². The van der Waals surface area contributed by atoms with Crippen molar-refractivity contribution in [3.05, 3.63) is 12.7 Å². The van der Waals surface area contributed by atoms with Crippen molar-refractivity contribution in [1.29, 1.82) is 0 Å². The van der Waals surface area contributed by atoms with Crippen LogP contribution in [0.3, 0.4) is 0 Å². The number of allylic oxidation sites excluding steroid dienone is 1. The average Bonchev–Trinajstić information content (AvgIpc) is 2.87. The first-order chi connectivity index (χ1) is 8.19. The fourth-order valence-corrected chi connectivity index (χ4v) is 1.71. The van der Waals surface area contributed by atoms with Crippen molar-refractivity contribution in [2.24, 2.45) is 5.92 Å². The molecular weight excluding hydrogens is 222 g/mol. The topological polar surface area (TPSA) is 64.6 Å². The van der Waals surface area contributed by atoms with Gasteiger partial charge < -0.3 is 14.8 Å². The number of rotatable bonds is 6. The van der Waals surface area contributed by atoms with Gasteiger partial charge in [-0.25, -0.2) is 4.79 Å². The smallest absolute Gasteiger partial charge is 0.328 e. The van der Waals surface area contributed by atoms with E-state index in [2.05, 4.69) is 16.6 Å². The zero-order valence-electron chi connectivity index (χ0n) is 10.1. The molecule has 0 bridgehead atoms. The molecule has 0 unspecified atom stereocenters. The Morgan fingerprint density at radius 1 is 1.65 bits per heavy atom. The van der Waals surface area contributed by atoms with Gasteiger partial charge >= 0.3 is 5.97 Å². The Morgan fingerprint density at radius 2 is 2.41 bits per heavy atom. The fraction of sp³-hybridized carbons (Fsp3) is 0.667. The monoisotopic (exact) mass is 241 g/mol. The van der Waals surface area contributed by atoms with E-state index in [4.69, 9.17) is 4.74 Å². The van der Waals surface area contributed by atoms with Crippen LogP contribution >= 0.6 is 0 Å². The fourth-order valence-electron chi connectivity index (χ4n) is 1.71. The number of methoxy groups -OCH3 is 1. The summed E-state index contributed by atoms with van der Waals surface area (Å²) in [6.07, 6.45) is 3.58. The maximum Gasteiger partial charge on any atom is 0.328 e. The van der Waals surface area contributed by atoms with Crippen molar-refractivity contribution in [2.75, 3.05) is 20.3 Å². The second kappa shape index (κ2) is 7.06. The maximum absolute atomic E-state index is 11.8. The van der Waals surface area contributed by atoms with Gasteiger partial charge in [0.25, 0.3) is 0 Å². The second-order valence-corrected chi connectivity index (χ2v) is 4.01. The molecule has 1 aliphatic rings. The Hall–Kier alpha value is -1.36. The van der Waals surface area contributed by atoms with Gasteiger partial charge in [0.2, 0.25) is 5.91 Å². The summed E-state index contributed by atoms with van der Waals surface area (Å²) in [5.41, 5.74) is 0. The van der Waals surface area contributed by atoms with Crippen molar-refractivity contribution >= 4 is 11.9 Å². The third-order valence-corrected chi connectivity index (χ3v) is 2.76. The summed E-state index contributed by atoms with van der Waals surface area (Å²) in [7, 11) is 1.31. The quantitative estimate of drug-likeness (QED) is 0.547. The van der Waals surface area contributed by atoms with Crippen molar-refractivity contribution < 1.29 is 19.1 Å². The summed E-state index contributed by atoms with van der Waals surface area (Å²) in [6.45, 7) is 4.63. The largest absolute Gasteiger partial charge is 0.467 e. The molecule has 0 aliphatic carbocycles. The van der Waals surface area contributed by atoms with Crippen molar-refractivity contribution in [3.63, 3.8) is 0 Å². The van der Waals surface area contributed by atoms with E-state index in [0.717, 1.165) is 0 Å². The van der Waals surface area contributed by atoms with Crippen LogP contribution in [0.15, 0.2) is 12.7 Å². The van der Waals surface area contributed by atoms with Crippen LogP contribution in [-0.2, 0) is 19.1 Å². The molecule has 2 atom stereocenters. The minimum Gasteiger partial charge on any atom is -0.467 e. The van der Waals surface area contributed by atoms with Crippen LogP contribution in [-0.4, -0.2) is 38.2 Å². The third kappa shape index (κ3) is 4.19. The number of hydrogen-bond donors (Lipinski definition) is 1. The van der Waals surface area contributed by atoms with Crippen LogP contribution in [0.2, 0.25) is 0 Å². The highest BCUT2D eigenvalue weighted by Gasteiger charge is 2.28. The zero-order chi connectivity index (χ0) is 12.7. The summed E-state index contributed by atoms with van der Waals surface area (Å²) >= 11 is 0. The summed E-state index contributed by atoms with van der Waals surface area (Å²) in [6, 6.07) is -0.592. The molecule has 0 aromatic rings. The number of carbonyl (C=O) groups is 2. The summed E-state index contributed by atoms with van der Waals surface area (Å²) in [5.74, 6) is -0.702. The molecule has 5 nitrogen and oxygen atoms in total. The van der Waals surface area contributed by atoms with E-state index < -0.39 is 12.0 Å². The molecule has 0 spiro atoms. The van der Waals surface area contributed by atoms with Crippen molar-refractivity contribution in [3.8, 4) is 0 Å². The number of esters is 1. The normalized spacial score (nSPS) is 20.6. The van der Waals surface area contributed by atoms with E-state index in [-0.39, 0.29) is 11.8 Å². The minimum absolute atomic E-state index is 0.137. The maximum atomic E-state index is 11.8. The first kappa shape index (κ1) is 13.7. The number of amides is 1. The number of carbonyl (C=O) groups excluding carboxylic acids is 2. The number of nitrogens with one attached hydrogen (secondary N) is 1. The molecule has 1 saturated heterocycles. The van der Waals surface area contributed by atoms with E-state index in [1.54, 1.807) is 6.08 Å². The summed E-state index contributed by atoms with van der Waals surface area (Å²) in [5, 5.41) is 2.70. The Balaban J connectivity index is 2.48. The zero-order valence-corrected chi connectivity index (χ0v) is 10.1. The van der Waals surface area contributed by atoms with Gasteiger partial charge in [0.05, 0.1) is 19.6 Å². The molecule has 1 N–H and O–H groups in total. The van der Waals surface area contributed by atoms with Crippen LogP contribution in [0.25, 0.3) is 0 Å². The Morgan fingerprint density at radius 3 is 2.94 bits per heavy atom. The van der Waals surface area contributed by atoms with Crippen LogP contribution in [0.1, 0.15) is 19.3 Å². The van der Waals surface area contributed by atoms with E-state index >= 15 is 0 Å². The minimum atomic E-state index is -0.592. The standard InChI is InChI=1S/C12H19NO4/c1-3-4-5-10(12(15)16-2)13-11(14)9-6-7-17-8-9/h3,9-10H,1,4-8H2,2H3,(H,13,14)/t9-,10-/m1/s1. The highest BCUT2D eigenvalue weighted by Crippen LogP contribution is 2.13. The number of ether oxygens (including phenoxy) is 2. The van der Waals surface area contributed by atoms with Gasteiger partial charge in [-0.15, -0.1) is 6.58 Å². The van der Waals surface area contributed by atoms with Gasteiger partial charge in [-0.05, 0) is 19.3 Å². The molecule has 0 saturated carbocycles. The van der Waals surface area contributed by atoms with Crippen molar-refractivity contribution in [1.82, 2.24) is 5.32 Å². The lowest BCUT2D eigenvalue weighted by Crippen LogP contribution is -2.44. The van der Waals surface area contributed by atoms with Crippen LogP contribution in [0, 0.1) is 5.92 Å². The van der Waals surface area contributed by atoms with Gasteiger partial charge in [0.15, 0.2) is 0 Å². The molecule has 1 aliphatic heterocycles. The van der Waals surface area contributed by atoms with Gasteiger partial charge in [-0.3, -0.25) is 4.79 Å². The predicted octanol–water partition coefficient (Wildman–Crippen LogP) is 0.647. The van der Waals surface area contributed by atoms with E-state index in [0.29, 0.717) is 32.5 Å². The average molecular weight is 241 g/mol. The number of hydrogen-bond acceptors (Lipinski definition) is 4.